The summed E-state index contributed by atoms with van der Waals surface area (Å²) in [5, 5.41) is 5.90. The molecule has 0 bridgehead atoms. The fourth-order valence-electron chi connectivity index (χ4n) is 2.33. The smallest absolute Gasteiger partial charge is 0.230 e. The zero-order chi connectivity index (χ0) is 16.8. The van der Waals surface area contributed by atoms with Crippen LogP contribution in [-0.2, 0) is 24.1 Å². The number of thiazole rings is 1. The van der Waals surface area contributed by atoms with Crippen molar-refractivity contribution in [3.8, 4) is 0 Å². The maximum absolute atomic E-state index is 12.1. The number of benzene rings is 1. The highest BCUT2D eigenvalue weighted by Gasteiger charge is 2.08. The lowest BCUT2D eigenvalue weighted by Gasteiger charge is -2.04. The van der Waals surface area contributed by atoms with Crippen LogP contribution < -0.4 is 5.32 Å². The number of carbonyl (C=O) groups is 1. The molecular formula is C19H19N3OS. The van der Waals surface area contributed by atoms with Crippen molar-refractivity contribution in [2.75, 3.05) is 5.32 Å². The summed E-state index contributed by atoms with van der Waals surface area (Å²) >= 11 is 1.60. The molecule has 0 fully saturated rings. The van der Waals surface area contributed by atoms with E-state index in [0.29, 0.717) is 6.42 Å². The standard InChI is InChI=1S/C19H19N3OS/c1-14-5-7-16(8-6-14)21-18(23)12-17-13-24-19(22-17)10-9-15-4-2-3-11-20-15/h2-8,11,13H,9-10,12H2,1H3,(H,21,23). The first-order valence-electron chi connectivity index (χ1n) is 7.89. The van der Waals surface area contributed by atoms with Crippen LogP contribution in [0.1, 0.15) is 22.0 Å². The van der Waals surface area contributed by atoms with Gasteiger partial charge in [-0.15, -0.1) is 11.3 Å². The Morgan fingerprint density at radius 2 is 1.92 bits per heavy atom. The molecule has 1 amide bonds. The van der Waals surface area contributed by atoms with Crippen molar-refractivity contribution >= 4 is 22.9 Å². The summed E-state index contributed by atoms with van der Waals surface area (Å²) in [5.41, 5.74) is 3.87. The molecule has 2 aromatic heterocycles. The van der Waals surface area contributed by atoms with Gasteiger partial charge in [0, 0.05) is 29.4 Å². The van der Waals surface area contributed by atoms with Crippen molar-refractivity contribution in [3.05, 3.63) is 76.0 Å². The van der Waals surface area contributed by atoms with E-state index in [2.05, 4.69) is 15.3 Å². The van der Waals surface area contributed by atoms with Crippen molar-refractivity contribution < 1.29 is 4.79 Å². The maximum atomic E-state index is 12.1. The third-order valence-electron chi connectivity index (χ3n) is 3.60. The molecule has 3 rings (SSSR count). The van der Waals surface area contributed by atoms with Gasteiger partial charge in [-0.1, -0.05) is 23.8 Å². The molecule has 0 spiro atoms. The quantitative estimate of drug-likeness (QED) is 0.744. The van der Waals surface area contributed by atoms with Crippen molar-refractivity contribution in [1.82, 2.24) is 9.97 Å². The summed E-state index contributed by atoms with van der Waals surface area (Å²) in [7, 11) is 0. The Morgan fingerprint density at radius 1 is 1.08 bits per heavy atom. The Labute approximate surface area is 145 Å². The molecule has 2 heterocycles. The first-order chi connectivity index (χ1) is 11.7. The molecule has 4 nitrogen and oxygen atoms in total. The van der Waals surface area contributed by atoms with E-state index < -0.39 is 0 Å². The monoisotopic (exact) mass is 337 g/mol. The van der Waals surface area contributed by atoms with Gasteiger partial charge in [0.1, 0.15) is 0 Å². The lowest BCUT2D eigenvalue weighted by molar-refractivity contribution is -0.115. The molecule has 24 heavy (non-hydrogen) atoms. The normalized spacial score (nSPS) is 10.5. The van der Waals surface area contributed by atoms with Crippen molar-refractivity contribution in [2.24, 2.45) is 0 Å². The fourth-order valence-corrected chi connectivity index (χ4v) is 3.13. The van der Waals surface area contributed by atoms with Crippen molar-refractivity contribution in [2.45, 2.75) is 26.2 Å². The Bertz CT molecular complexity index is 797. The minimum atomic E-state index is -0.0413. The molecule has 0 aliphatic carbocycles. The highest BCUT2D eigenvalue weighted by atomic mass is 32.1. The van der Waals surface area contributed by atoms with Crippen LogP contribution in [-0.4, -0.2) is 15.9 Å². The Balaban J connectivity index is 1.51. The van der Waals surface area contributed by atoms with E-state index in [1.54, 1.807) is 17.5 Å². The predicted octanol–water partition coefficient (Wildman–Crippen LogP) is 3.81. The topological polar surface area (TPSA) is 54.9 Å². The van der Waals surface area contributed by atoms with Gasteiger partial charge in [-0.2, -0.15) is 0 Å². The minimum absolute atomic E-state index is 0.0413. The van der Waals surface area contributed by atoms with Crippen LogP contribution in [0.5, 0.6) is 0 Å². The SMILES string of the molecule is Cc1ccc(NC(=O)Cc2csc(CCc3ccccn3)n2)cc1. The average Bonchev–Trinajstić information content (AvgIpc) is 3.03. The highest BCUT2D eigenvalue weighted by Crippen LogP contribution is 2.14. The largest absolute Gasteiger partial charge is 0.326 e. The van der Waals surface area contributed by atoms with Gasteiger partial charge in [0.05, 0.1) is 17.1 Å². The number of nitrogens with zero attached hydrogens (tertiary/aromatic N) is 2. The van der Waals surface area contributed by atoms with E-state index in [1.807, 2.05) is 54.8 Å². The van der Waals surface area contributed by atoms with Gasteiger partial charge >= 0.3 is 0 Å². The van der Waals surface area contributed by atoms with Crippen LogP contribution in [0.25, 0.3) is 0 Å². The van der Waals surface area contributed by atoms with Crippen molar-refractivity contribution in [3.63, 3.8) is 0 Å². The lowest BCUT2D eigenvalue weighted by Crippen LogP contribution is -2.14. The second kappa shape index (κ2) is 7.84. The first-order valence-corrected chi connectivity index (χ1v) is 8.77. The molecule has 122 valence electrons. The van der Waals surface area contributed by atoms with Gasteiger partial charge in [0.25, 0.3) is 0 Å². The van der Waals surface area contributed by atoms with Crippen LogP contribution in [0.4, 0.5) is 5.69 Å². The third-order valence-corrected chi connectivity index (χ3v) is 4.55. The molecule has 1 N–H and O–H groups in total. The minimum Gasteiger partial charge on any atom is -0.326 e. The molecule has 0 saturated heterocycles. The Morgan fingerprint density at radius 3 is 2.67 bits per heavy atom. The molecule has 0 unspecified atom stereocenters. The van der Waals surface area contributed by atoms with Crippen LogP contribution in [0.15, 0.2) is 54.0 Å². The molecule has 1 aromatic carbocycles. The lowest BCUT2D eigenvalue weighted by atomic mass is 10.2. The number of nitrogens with one attached hydrogen (secondary N) is 1. The molecule has 0 atom stereocenters. The van der Waals surface area contributed by atoms with Crippen molar-refractivity contribution in [1.29, 1.82) is 0 Å². The summed E-state index contributed by atoms with van der Waals surface area (Å²) in [6.07, 6.45) is 3.82. The average molecular weight is 337 g/mol. The number of amides is 1. The summed E-state index contributed by atoms with van der Waals surface area (Å²) in [6, 6.07) is 13.7. The van der Waals surface area contributed by atoms with Crippen LogP contribution >= 0.6 is 11.3 Å². The van der Waals surface area contributed by atoms with E-state index in [4.69, 9.17) is 0 Å². The summed E-state index contributed by atoms with van der Waals surface area (Å²) in [6.45, 7) is 2.02. The number of anilines is 1. The molecule has 0 saturated carbocycles. The molecule has 5 heteroatoms. The van der Waals surface area contributed by atoms with Gasteiger partial charge in [-0.3, -0.25) is 9.78 Å². The summed E-state index contributed by atoms with van der Waals surface area (Å²) < 4.78 is 0. The zero-order valence-corrected chi connectivity index (χ0v) is 14.3. The summed E-state index contributed by atoms with van der Waals surface area (Å²) in [4.78, 5) is 21.0. The molecule has 3 aromatic rings. The number of rotatable bonds is 6. The number of pyridine rings is 1. The maximum Gasteiger partial charge on any atom is 0.230 e. The summed E-state index contributed by atoms with van der Waals surface area (Å²) in [5.74, 6) is -0.0413. The number of hydrogen-bond donors (Lipinski definition) is 1. The third kappa shape index (κ3) is 4.73. The van der Waals surface area contributed by atoms with Gasteiger partial charge < -0.3 is 5.32 Å². The fraction of sp³-hybridized carbons (Fsp3) is 0.211. The predicted molar refractivity (Wildman–Crippen MR) is 97.3 cm³/mol. The van der Waals surface area contributed by atoms with Gasteiger partial charge in [-0.25, -0.2) is 4.98 Å². The molecule has 0 aliphatic rings. The second-order valence-corrected chi connectivity index (χ2v) is 6.59. The molecular weight excluding hydrogens is 318 g/mol. The van der Waals surface area contributed by atoms with Crippen LogP contribution in [0.3, 0.4) is 0 Å². The molecule has 0 aliphatic heterocycles. The van der Waals surface area contributed by atoms with E-state index in [1.165, 1.54) is 5.56 Å². The Kier molecular flexibility index (Phi) is 5.33. The first kappa shape index (κ1) is 16.3. The van der Waals surface area contributed by atoms with Crippen LogP contribution in [0.2, 0.25) is 0 Å². The van der Waals surface area contributed by atoms with Gasteiger partial charge in [0.15, 0.2) is 0 Å². The second-order valence-electron chi connectivity index (χ2n) is 5.64. The van der Waals surface area contributed by atoms with Gasteiger partial charge in [0.2, 0.25) is 5.91 Å². The zero-order valence-electron chi connectivity index (χ0n) is 13.5. The highest BCUT2D eigenvalue weighted by molar-refractivity contribution is 7.09. The van der Waals surface area contributed by atoms with E-state index in [0.717, 1.165) is 34.9 Å². The van der Waals surface area contributed by atoms with E-state index in [9.17, 15) is 4.79 Å². The van der Waals surface area contributed by atoms with E-state index in [-0.39, 0.29) is 5.91 Å². The molecule has 0 radical (unpaired) electrons. The number of aromatic nitrogens is 2. The number of carbonyl (C=O) groups excluding carboxylic acids is 1. The van der Waals surface area contributed by atoms with Gasteiger partial charge in [-0.05, 0) is 37.6 Å². The van der Waals surface area contributed by atoms with Crippen LogP contribution in [0, 0.1) is 6.92 Å². The number of aryl methyl sites for hydroxylation is 3. The van der Waals surface area contributed by atoms with E-state index >= 15 is 0 Å². The number of hydrogen-bond acceptors (Lipinski definition) is 4. The Hall–Kier alpha value is -2.53.